The van der Waals surface area contributed by atoms with Crippen molar-refractivity contribution in [2.24, 2.45) is 0 Å². The highest BCUT2D eigenvalue weighted by Gasteiger charge is 2.07. The highest BCUT2D eigenvalue weighted by Crippen LogP contribution is 2.12. The minimum Gasteiger partial charge on any atom is -0.375 e. The van der Waals surface area contributed by atoms with Gasteiger partial charge in [-0.2, -0.15) is 0 Å². The summed E-state index contributed by atoms with van der Waals surface area (Å²) in [5.41, 5.74) is 5.88. The monoisotopic (exact) mass is 170 g/mol. The van der Waals surface area contributed by atoms with E-state index in [4.69, 9.17) is 5.73 Å². The van der Waals surface area contributed by atoms with Gasteiger partial charge in [-0.05, 0) is 6.42 Å². The van der Waals surface area contributed by atoms with Gasteiger partial charge in [0.1, 0.15) is 5.69 Å². The second kappa shape index (κ2) is 3.48. The van der Waals surface area contributed by atoms with Gasteiger partial charge < -0.3 is 5.73 Å². The van der Waals surface area contributed by atoms with Crippen LogP contribution in [0.4, 0.5) is 5.13 Å². The van der Waals surface area contributed by atoms with E-state index in [9.17, 15) is 4.79 Å². The first-order valence-electron chi connectivity index (χ1n) is 3.48. The average Bonchev–Trinajstić information content (AvgIpc) is 2.36. The molecule has 0 radical (unpaired) electrons. The van der Waals surface area contributed by atoms with Gasteiger partial charge >= 0.3 is 0 Å². The van der Waals surface area contributed by atoms with E-state index < -0.39 is 0 Å². The molecule has 0 aliphatic rings. The molecule has 0 saturated heterocycles. The van der Waals surface area contributed by atoms with E-state index in [-0.39, 0.29) is 5.78 Å². The SMILES string of the molecule is CCCC(=O)c1csc(N)n1. The predicted molar refractivity (Wildman–Crippen MR) is 45.8 cm³/mol. The van der Waals surface area contributed by atoms with Crippen LogP contribution in [-0.2, 0) is 0 Å². The summed E-state index contributed by atoms with van der Waals surface area (Å²) in [5, 5.41) is 2.16. The number of nitrogens with two attached hydrogens (primary N) is 1. The van der Waals surface area contributed by atoms with Crippen molar-refractivity contribution in [1.82, 2.24) is 4.98 Å². The quantitative estimate of drug-likeness (QED) is 0.702. The Kier molecular flexibility index (Phi) is 2.59. The largest absolute Gasteiger partial charge is 0.375 e. The van der Waals surface area contributed by atoms with Gasteiger partial charge in [0.2, 0.25) is 0 Å². The molecule has 0 unspecified atom stereocenters. The number of hydrogen-bond acceptors (Lipinski definition) is 4. The zero-order valence-corrected chi connectivity index (χ0v) is 7.15. The van der Waals surface area contributed by atoms with Crippen molar-refractivity contribution in [3.8, 4) is 0 Å². The molecule has 0 aliphatic carbocycles. The molecule has 0 spiro atoms. The second-order valence-electron chi connectivity index (χ2n) is 2.24. The molecule has 3 nitrogen and oxygen atoms in total. The van der Waals surface area contributed by atoms with Crippen LogP contribution in [0.3, 0.4) is 0 Å². The van der Waals surface area contributed by atoms with E-state index in [1.807, 2.05) is 6.92 Å². The maximum Gasteiger partial charge on any atom is 0.182 e. The number of carbonyl (C=O) groups is 1. The molecule has 1 rings (SSSR count). The summed E-state index contributed by atoms with van der Waals surface area (Å²) in [6, 6.07) is 0. The summed E-state index contributed by atoms with van der Waals surface area (Å²) >= 11 is 1.30. The fourth-order valence-corrected chi connectivity index (χ4v) is 1.34. The maximum atomic E-state index is 11.1. The van der Waals surface area contributed by atoms with Gasteiger partial charge in [0.25, 0.3) is 0 Å². The number of rotatable bonds is 3. The minimum absolute atomic E-state index is 0.0838. The van der Waals surface area contributed by atoms with Crippen LogP contribution >= 0.6 is 11.3 Å². The first-order chi connectivity index (χ1) is 5.24. The van der Waals surface area contributed by atoms with E-state index in [0.717, 1.165) is 6.42 Å². The Labute approximate surface area is 69.3 Å². The molecule has 0 amide bonds. The fourth-order valence-electron chi connectivity index (χ4n) is 0.771. The van der Waals surface area contributed by atoms with E-state index in [0.29, 0.717) is 17.2 Å². The van der Waals surface area contributed by atoms with Gasteiger partial charge in [0.15, 0.2) is 10.9 Å². The van der Waals surface area contributed by atoms with Crippen LogP contribution in [-0.4, -0.2) is 10.8 Å². The number of ketones is 1. The molecule has 0 aromatic carbocycles. The molecular weight excluding hydrogens is 160 g/mol. The normalized spacial score (nSPS) is 9.91. The van der Waals surface area contributed by atoms with Crippen LogP contribution in [0, 0.1) is 0 Å². The molecule has 1 aromatic heterocycles. The van der Waals surface area contributed by atoms with Crippen molar-refractivity contribution in [2.45, 2.75) is 19.8 Å². The average molecular weight is 170 g/mol. The van der Waals surface area contributed by atoms with Crippen molar-refractivity contribution in [3.63, 3.8) is 0 Å². The standard InChI is InChI=1S/C7H10N2OS/c1-2-3-6(10)5-4-11-7(8)9-5/h4H,2-3H2,1H3,(H2,8,9). The minimum atomic E-state index is 0.0838. The Morgan fingerprint density at radius 1 is 1.82 bits per heavy atom. The lowest BCUT2D eigenvalue weighted by atomic mass is 10.2. The highest BCUT2D eigenvalue weighted by atomic mass is 32.1. The lowest BCUT2D eigenvalue weighted by Gasteiger charge is -1.90. The Morgan fingerprint density at radius 2 is 2.55 bits per heavy atom. The summed E-state index contributed by atoms with van der Waals surface area (Å²) in [5.74, 6) is 0.0838. The smallest absolute Gasteiger partial charge is 0.182 e. The van der Waals surface area contributed by atoms with Crippen LogP contribution < -0.4 is 5.73 Å². The number of anilines is 1. The van der Waals surface area contributed by atoms with Crippen LogP contribution in [0.1, 0.15) is 30.3 Å². The van der Waals surface area contributed by atoms with Gasteiger partial charge in [-0.25, -0.2) is 4.98 Å². The first kappa shape index (κ1) is 8.20. The zero-order chi connectivity index (χ0) is 8.27. The van der Waals surface area contributed by atoms with Crippen molar-refractivity contribution in [3.05, 3.63) is 11.1 Å². The zero-order valence-electron chi connectivity index (χ0n) is 6.33. The molecule has 1 aromatic rings. The fraction of sp³-hybridized carbons (Fsp3) is 0.429. The number of aromatic nitrogens is 1. The lowest BCUT2D eigenvalue weighted by molar-refractivity contribution is 0.0977. The molecule has 0 atom stereocenters. The van der Waals surface area contributed by atoms with E-state index >= 15 is 0 Å². The van der Waals surface area contributed by atoms with Gasteiger partial charge in [-0.15, -0.1) is 11.3 Å². The summed E-state index contributed by atoms with van der Waals surface area (Å²) in [6.45, 7) is 1.97. The van der Waals surface area contributed by atoms with Crippen LogP contribution in [0.5, 0.6) is 0 Å². The topological polar surface area (TPSA) is 56.0 Å². The predicted octanol–water partition coefficient (Wildman–Crippen LogP) is 1.71. The molecule has 60 valence electrons. The van der Waals surface area contributed by atoms with Gasteiger partial charge in [-0.1, -0.05) is 6.92 Å². The Balaban J connectivity index is 2.69. The third kappa shape index (κ3) is 2.01. The third-order valence-electron chi connectivity index (χ3n) is 1.28. The van der Waals surface area contributed by atoms with Crippen molar-refractivity contribution in [1.29, 1.82) is 0 Å². The van der Waals surface area contributed by atoms with Crippen LogP contribution in [0.25, 0.3) is 0 Å². The number of thiazole rings is 1. The van der Waals surface area contributed by atoms with E-state index in [1.165, 1.54) is 11.3 Å². The molecule has 2 N–H and O–H groups in total. The molecule has 1 heterocycles. The number of nitrogen functional groups attached to an aromatic ring is 1. The number of hydrogen-bond donors (Lipinski definition) is 1. The molecule has 0 fully saturated rings. The van der Waals surface area contributed by atoms with Crippen molar-refractivity contribution >= 4 is 22.3 Å². The maximum absolute atomic E-state index is 11.1. The Bertz CT molecular complexity index is 257. The molecule has 0 aliphatic heterocycles. The van der Waals surface area contributed by atoms with Gasteiger partial charge in [0, 0.05) is 11.8 Å². The Hall–Kier alpha value is -0.900. The Morgan fingerprint density at radius 3 is 3.00 bits per heavy atom. The number of carbonyl (C=O) groups excluding carboxylic acids is 1. The summed E-state index contributed by atoms with van der Waals surface area (Å²) in [4.78, 5) is 15.0. The van der Waals surface area contributed by atoms with Gasteiger partial charge in [-0.3, -0.25) is 4.79 Å². The van der Waals surface area contributed by atoms with E-state index in [1.54, 1.807) is 5.38 Å². The lowest BCUT2D eigenvalue weighted by Crippen LogP contribution is -1.98. The first-order valence-corrected chi connectivity index (χ1v) is 4.36. The third-order valence-corrected chi connectivity index (χ3v) is 1.96. The van der Waals surface area contributed by atoms with E-state index in [2.05, 4.69) is 4.98 Å². The second-order valence-corrected chi connectivity index (χ2v) is 3.13. The van der Waals surface area contributed by atoms with Gasteiger partial charge in [0.05, 0.1) is 0 Å². The van der Waals surface area contributed by atoms with Crippen LogP contribution in [0.15, 0.2) is 5.38 Å². The highest BCUT2D eigenvalue weighted by molar-refractivity contribution is 7.13. The number of nitrogens with zero attached hydrogens (tertiary/aromatic N) is 1. The summed E-state index contributed by atoms with van der Waals surface area (Å²) in [6.07, 6.45) is 1.42. The summed E-state index contributed by atoms with van der Waals surface area (Å²) in [7, 11) is 0. The molecule has 0 saturated carbocycles. The van der Waals surface area contributed by atoms with Crippen molar-refractivity contribution in [2.75, 3.05) is 5.73 Å². The molecule has 11 heavy (non-hydrogen) atoms. The number of Topliss-reactive ketones (excluding diaryl/α,β-unsaturated/α-hetero) is 1. The van der Waals surface area contributed by atoms with Crippen molar-refractivity contribution < 1.29 is 4.79 Å². The molecule has 0 bridgehead atoms. The molecular formula is C7H10N2OS. The molecule has 4 heteroatoms. The summed E-state index contributed by atoms with van der Waals surface area (Å²) < 4.78 is 0. The van der Waals surface area contributed by atoms with Crippen LogP contribution in [0.2, 0.25) is 0 Å².